The van der Waals surface area contributed by atoms with Crippen LogP contribution in [0.3, 0.4) is 0 Å². The fourth-order valence-corrected chi connectivity index (χ4v) is 2.74. The Morgan fingerprint density at radius 2 is 2.05 bits per heavy atom. The first-order chi connectivity index (χ1) is 9.19. The van der Waals surface area contributed by atoms with Gasteiger partial charge in [0, 0.05) is 26.8 Å². The molecule has 1 aliphatic carbocycles. The lowest BCUT2D eigenvalue weighted by atomic mass is 9.89. The van der Waals surface area contributed by atoms with Gasteiger partial charge in [-0.2, -0.15) is 0 Å². The van der Waals surface area contributed by atoms with Crippen LogP contribution in [-0.4, -0.2) is 30.7 Å². The number of hydrogen-bond donors (Lipinski definition) is 1. The van der Waals surface area contributed by atoms with Crippen LogP contribution in [0, 0.1) is 5.92 Å². The molecule has 2 N–H and O–H groups in total. The number of aromatic nitrogens is 2. The molecule has 1 saturated carbocycles. The van der Waals surface area contributed by atoms with Gasteiger partial charge in [-0.25, -0.2) is 9.97 Å². The third kappa shape index (κ3) is 4.06. The van der Waals surface area contributed by atoms with Crippen LogP contribution in [0.2, 0.25) is 0 Å². The second-order valence-corrected chi connectivity index (χ2v) is 5.38. The number of ether oxygens (including phenoxy) is 1. The molecule has 5 nitrogen and oxygen atoms in total. The Morgan fingerprint density at radius 3 is 2.74 bits per heavy atom. The van der Waals surface area contributed by atoms with Crippen molar-refractivity contribution in [3.8, 4) is 0 Å². The Balaban J connectivity index is 2.02. The van der Waals surface area contributed by atoms with E-state index in [1.165, 1.54) is 32.1 Å². The van der Waals surface area contributed by atoms with Gasteiger partial charge in [0.05, 0.1) is 0 Å². The molecule has 0 saturated heterocycles. The summed E-state index contributed by atoms with van der Waals surface area (Å²) < 4.78 is 5.07. The molecule has 0 unspecified atom stereocenters. The Bertz CT molecular complexity index is 404. The third-order valence-electron chi connectivity index (χ3n) is 3.70. The normalized spacial score (nSPS) is 16.5. The molecule has 0 spiro atoms. The van der Waals surface area contributed by atoms with Crippen molar-refractivity contribution in [3.63, 3.8) is 0 Å². The van der Waals surface area contributed by atoms with Crippen molar-refractivity contribution in [2.45, 2.75) is 38.7 Å². The van der Waals surface area contributed by atoms with Crippen molar-refractivity contribution in [1.29, 1.82) is 0 Å². The molecule has 0 aromatic carbocycles. The first-order valence-corrected chi connectivity index (χ1v) is 7.02. The minimum atomic E-state index is 0.398. The highest BCUT2D eigenvalue weighted by Crippen LogP contribution is 2.25. The van der Waals surface area contributed by atoms with Gasteiger partial charge < -0.3 is 15.4 Å². The Morgan fingerprint density at radius 1 is 1.32 bits per heavy atom. The van der Waals surface area contributed by atoms with E-state index < -0.39 is 0 Å². The zero-order valence-electron chi connectivity index (χ0n) is 11.9. The maximum Gasteiger partial charge on any atom is 0.158 e. The summed E-state index contributed by atoms with van der Waals surface area (Å²) in [7, 11) is 3.71. The first kappa shape index (κ1) is 14.1. The molecular weight excluding hydrogens is 240 g/mol. The fraction of sp³-hybridized carbons (Fsp3) is 0.714. The zero-order valence-corrected chi connectivity index (χ0v) is 11.9. The van der Waals surface area contributed by atoms with E-state index in [2.05, 4.69) is 21.9 Å². The lowest BCUT2D eigenvalue weighted by Gasteiger charge is -2.27. The average Bonchev–Trinajstić information content (AvgIpc) is 2.39. The van der Waals surface area contributed by atoms with E-state index in [0.717, 1.165) is 18.3 Å². The maximum atomic E-state index is 5.83. The number of nitrogen functional groups attached to an aromatic ring is 1. The molecule has 1 aliphatic rings. The van der Waals surface area contributed by atoms with Crippen molar-refractivity contribution in [2.75, 3.05) is 31.3 Å². The largest absolute Gasteiger partial charge is 0.384 e. The standard InChI is InChI=1S/C14H24N4O/c1-18(9-11-6-4-3-5-7-11)14-8-12(15)16-13(17-14)10-19-2/h8,11H,3-7,9-10H2,1-2H3,(H2,15,16,17). The molecule has 0 radical (unpaired) electrons. The van der Waals surface area contributed by atoms with Gasteiger partial charge in [-0.15, -0.1) is 0 Å². The first-order valence-electron chi connectivity index (χ1n) is 7.02. The van der Waals surface area contributed by atoms with E-state index in [1.807, 2.05) is 6.07 Å². The molecular formula is C14H24N4O. The summed E-state index contributed by atoms with van der Waals surface area (Å²) in [4.78, 5) is 10.9. The van der Waals surface area contributed by atoms with Crippen molar-refractivity contribution in [2.24, 2.45) is 5.92 Å². The molecule has 1 aromatic heterocycles. The van der Waals surface area contributed by atoms with Crippen LogP contribution in [-0.2, 0) is 11.3 Å². The van der Waals surface area contributed by atoms with Gasteiger partial charge in [0.1, 0.15) is 18.2 Å². The van der Waals surface area contributed by atoms with Gasteiger partial charge in [-0.3, -0.25) is 0 Å². The second kappa shape index (κ2) is 6.70. The topological polar surface area (TPSA) is 64.3 Å². The van der Waals surface area contributed by atoms with Crippen molar-refractivity contribution >= 4 is 11.6 Å². The number of nitrogens with two attached hydrogens (primary N) is 1. The SMILES string of the molecule is COCc1nc(N)cc(N(C)CC2CCCCC2)n1. The number of anilines is 2. The molecule has 106 valence electrons. The molecule has 0 atom stereocenters. The highest BCUT2D eigenvalue weighted by molar-refractivity contribution is 5.46. The van der Waals surface area contributed by atoms with Gasteiger partial charge in [-0.05, 0) is 18.8 Å². The smallest absolute Gasteiger partial charge is 0.158 e. The molecule has 1 fully saturated rings. The second-order valence-electron chi connectivity index (χ2n) is 5.38. The zero-order chi connectivity index (χ0) is 13.7. The molecule has 2 rings (SSSR count). The molecule has 0 aliphatic heterocycles. The van der Waals surface area contributed by atoms with Crippen molar-refractivity contribution in [3.05, 3.63) is 11.9 Å². The van der Waals surface area contributed by atoms with Crippen LogP contribution in [0.15, 0.2) is 6.07 Å². The Labute approximate surface area is 115 Å². The van der Waals surface area contributed by atoms with Crippen LogP contribution < -0.4 is 10.6 Å². The number of methoxy groups -OCH3 is 1. The quantitative estimate of drug-likeness (QED) is 0.883. The van der Waals surface area contributed by atoms with Gasteiger partial charge in [0.25, 0.3) is 0 Å². The summed E-state index contributed by atoms with van der Waals surface area (Å²) in [6.07, 6.45) is 6.77. The summed E-state index contributed by atoms with van der Waals surface area (Å²) in [6, 6.07) is 1.84. The van der Waals surface area contributed by atoms with E-state index in [9.17, 15) is 0 Å². The highest BCUT2D eigenvalue weighted by atomic mass is 16.5. The molecule has 0 bridgehead atoms. The minimum Gasteiger partial charge on any atom is -0.384 e. The Kier molecular flexibility index (Phi) is 4.96. The van der Waals surface area contributed by atoms with Crippen molar-refractivity contribution < 1.29 is 4.74 Å². The average molecular weight is 264 g/mol. The van der Waals surface area contributed by atoms with Crippen LogP contribution in [0.25, 0.3) is 0 Å². The van der Waals surface area contributed by atoms with Gasteiger partial charge >= 0.3 is 0 Å². The number of nitrogens with zero attached hydrogens (tertiary/aromatic N) is 3. The fourth-order valence-electron chi connectivity index (χ4n) is 2.74. The predicted octanol–water partition coefficient (Wildman–Crippen LogP) is 2.22. The summed E-state index contributed by atoms with van der Waals surface area (Å²) >= 11 is 0. The predicted molar refractivity (Wildman–Crippen MR) is 77.0 cm³/mol. The minimum absolute atomic E-state index is 0.398. The van der Waals surface area contributed by atoms with Crippen LogP contribution in [0.1, 0.15) is 37.9 Å². The van der Waals surface area contributed by atoms with Gasteiger partial charge in [-0.1, -0.05) is 19.3 Å². The lowest BCUT2D eigenvalue weighted by Crippen LogP contribution is -2.28. The van der Waals surface area contributed by atoms with E-state index >= 15 is 0 Å². The molecule has 0 amide bonds. The molecule has 1 heterocycles. The summed E-state index contributed by atoms with van der Waals surface area (Å²) in [5, 5.41) is 0. The van der Waals surface area contributed by atoms with Crippen LogP contribution >= 0.6 is 0 Å². The van der Waals surface area contributed by atoms with Gasteiger partial charge in [0.2, 0.25) is 0 Å². The third-order valence-corrected chi connectivity index (χ3v) is 3.70. The van der Waals surface area contributed by atoms with E-state index in [-0.39, 0.29) is 0 Å². The maximum absolute atomic E-state index is 5.83. The summed E-state index contributed by atoms with van der Waals surface area (Å²) in [5.41, 5.74) is 5.83. The summed E-state index contributed by atoms with van der Waals surface area (Å²) in [6.45, 7) is 1.44. The number of hydrogen-bond acceptors (Lipinski definition) is 5. The van der Waals surface area contributed by atoms with E-state index in [0.29, 0.717) is 18.2 Å². The van der Waals surface area contributed by atoms with Gasteiger partial charge in [0.15, 0.2) is 5.82 Å². The molecule has 19 heavy (non-hydrogen) atoms. The van der Waals surface area contributed by atoms with Crippen LogP contribution in [0.5, 0.6) is 0 Å². The highest BCUT2D eigenvalue weighted by Gasteiger charge is 2.16. The molecule has 5 heteroatoms. The monoisotopic (exact) mass is 264 g/mol. The summed E-state index contributed by atoms with van der Waals surface area (Å²) in [5.74, 6) is 2.83. The lowest BCUT2D eigenvalue weighted by molar-refractivity contribution is 0.178. The van der Waals surface area contributed by atoms with E-state index in [1.54, 1.807) is 7.11 Å². The van der Waals surface area contributed by atoms with Crippen molar-refractivity contribution in [1.82, 2.24) is 9.97 Å². The number of rotatable bonds is 5. The van der Waals surface area contributed by atoms with Crippen LogP contribution in [0.4, 0.5) is 11.6 Å². The Hall–Kier alpha value is -1.36. The van der Waals surface area contributed by atoms with E-state index in [4.69, 9.17) is 10.5 Å². The molecule has 1 aromatic rings.